The maximum atomic E-state index is 14.9. The maximum absolute atomic E-state index is 14.9. The van der Waals surface area contributed by atoms with Gasteiger partial charge in [0, 0.05) is 62.1 Å². The van der Waals surface area contributed by atoms with Gasteiger partial charge in [0.25, 0.3) is 0 Å². The minimum atomic E-state index is -0.604. The summed E-state index contributed by atoms with van der Waals surface area (Å²) in [5.41, 5.74) is 13.8. The van der Waals surface area contributed by atoms with E-state index in [1.54, 1.807) is 6.08 Å². The van der Waals surface area contributed by atoms with Gasteiger partial charge in [0.15, 0.2) is 28.8 Å². The molecule has 9 aromatic carbocycles. The minimum absolute atomic E-state index is 0.00613. The van der Waals surface area contributed by atoms with Crippen molar-refractivity contribution in [2.75, 3.05) is 19.6 Å². The number of fused-ring (bicyclic) bond motifs is 6. The number of hydrogen-bond donors (Lipinski definition) is 0. The van der Waals surface area contributed by atoms with E-state index >= 15 is 0 Å². The van der Waals surface area contributed by atoms with Gasteiger partial charge < -0.3 is 29.1 Å². The van der Waals surface area contributed by atoms with Crippen LogP contribution in [0.5, 0.6) is 23.0 Å². The summed E-state index contributed by atoms with van der Waals surface area (Å²) in [4.78, 5) is 23.8. The second-order valence-electron chi connectivity index (χ2n) is 18.2. The van der Waals surface area contributed by atoms with E-state index in [0.717, 1.165) is 96.6 Å². The number of hydrogen-bond acceptors (Lipinski definition) is 7. The number of carbonyl (C=O) groups excluding carboxylic acids is 1. The number of anilines is 11. The van der Waals surface area contributed by atoms with Gasteiger partial charge in [-0.25, -0.2) is 0 Å². The number of benzene rings is 9. The molecule has 0 saturated heterocycles. The van der Waals surface area contributed by atoms with E-state index in [2.05, 4.69) is 174 Å². The number of carbonyl (C=O) groups is 1. The molecule has 2 heterocycles. The third kappa shape index (κ3) is 7.25. The van der Waals surface area contributed by atoms with E-state index in [1.165, 1.54) is 0 Å². The van der Waals surface area contributed by atoms with Gasteiger partial charge in [-0.2, -0.15) is 0 Å². The minimum Gasteiger partial charge on any atom is -0.453 e. The summed E-state index contributed by atoms with van der Waals surface area (Å²) in [5.74, 6) is 2.92. The molecule has 0 aromatic heterocycles. The Morgan fingerprint density at radius 1 is 0.465 bits per heavy atom. The number of allylic oxidation sites excluding steroid dienone is 3. The van der Waals surface area contributed by atoms with E-state index in [1.807, 2.05) is 97.1 Å². The number of para-hydroxylation sites is 7. The predicted molar refractivity (Wildman–Crippen MR) is 290 cm³/mol. The normalized spacial score (nSPS) is 13.7. The monoisotopic (exact) mass is 920 g/mol. The Hall–Kier alpha value is -9.33. The Bertz CT molecular complexity index is 3560. The standard InChI is InChI=1S/C64H48N4O3/c1-5-20-43(6-2)65(44-21-10-7-11-22-44)49-33-37-61-57(41-49)67(55-27-16-18-29-59(55)70-61)47-31-35-51-53(39-47)64(3,4)54-40-48(32-36-52(54)63(51)69)68-56-28-17-19-30-60(56)71-62-38-34-50(42-58(62)68)66(45-23-12-8-13-24-45)46-25-14-9-15-26-46/h5-42H,1-2H2,3-4H3/b43-20+. The van der Waals surface area contributed by atoms with Crippen molar-refractivity contribution >= 4 is 68.3 Å². The lowest BCUT2D eigenvalue weighted by atomic mass is 9.68. The molecule has 3 aliphatic rings. The summed E-state index contributed by atoms with van der Waals surface area (Å²) >= 11 is 0. The topological polar surface area (TPSA) is 48.5 Å². The number of rotatable bonds is 10. The lowest BCUT2D eigenvalue weighted by Crippen LogP contribution is -2.31. The zero-order valence-electron chi connectivity index (χ0n) is 39.4. The van der Waals surface area contributed by atoms with Crippen molar-refractivity contribution in [1.82, 2.24) is 0 Å². The van der Waals surface area contributed by atoms with Crippen molar-refractivity contribution in [3.05, 3.63) is 272 Å². The predicted octanol–water partition coefficient (Wildman–Crippen LogP) is 17.6. The fourth-order valence-corrected chi connectivity index (χ4v) is 10.4. The molecule has 12 rings (SSSR count). The molecule has 0 bridgehead atoms. The summed E-state index contributed by atoms with van der Waals surface area (Å²) in [5, 5.41) is 0. The zero-order chi connectivity index (χ0) is 48.2. The molecule has 71 heavy (non-hydrogen) atoms. The molecule has 0 unspecified atom stereocenters. The van der Waals surface area contributed by atoms with E-state index in [9.17, 15) is 4.79 Å². The molecule has 0 spiro atoms. The molecule has 2 aliphatic heterocycles. The average molecular weight is 921 g/mol. The third-order valence-corrected chi connectivity index (χ3v) is 13.7. The van der Waals surface area contributed by atoms with Crippen LogP contribution in [-0.2, 0) is 5.41 Å². The number of nitrogens with zero attached hydrogens (tertiary/aromatic N) is 4. The van der Waals surface area contributed by atoms with Gasteiger partial charge in [-0.3, -0.25) is 4.79 Å². The first-order chi connectivity index (χ1) is 34.8. The van der Waals surface area contributed by atoms with Gasteiger partial charge in [-0.15, -0.1) is 0 Å². The molecule has 0 amide bonds. The molecule has 342 valence electrons. The van der Waals surface area contributed by atoms with E-state index in [4.69, 9.17) is 9.47 Å². The first kappa shape index (κ1) is 43.0. The summed E-state index contributed by atoms with van der Waals surface area (Å²) in [6, 6.07) is 72.3. The molecule has 0 radical (unpaired) electrons. The van der Waals surface area contributed by atoms with Crippen LogP contribution in [-0.4, -0.2) is 5.78 Å². The van der Waals surface area contributed by atoms with E-state index < -0.39 is 5.41 Å². The van der Waals surface area contributed by atoms with Gasteiger partial charge in [-0.05, 0) is 157 Å². The molecule has 7 heteroatoms. The lowest BCUT2D eigenvalue weighted by molar-refractivity contribution is 0.103. The fraction of sp³-hybridized carbons (Fsp3) is 0.0469. The van der Waals surface area contributed by atoms with Crippen LogP contribution in [0.4, 0.5) is 62.6 Å². The Balaban J connectivity index is 0.979. The molecular weight excluding hydrogens is 873 g/mol. The largest absolute Gasteiger partial charge is 0.453 e. The molecule has 0 N–H and O–H groups in total. The Morgan fingerprint density at radius 3 is 1.39 bits per heavy atom. The van der Waals surface area contributed by atoms with Crippen LogP contribution in [0.2, 0.25) is 0 Å². The van der Waals surface area contributed by atoms with Crippen molar-refractivity contribution in [2.45, 2.75) is 19.3 Å². The first-order valence-corrected chi connectivity index (χ1v) is 23.8. The second kappa shape index (κ2) is 17.3. The van der Waals surface area contributed by atoms with Gasteiger partial charge >= 0.3 is 0 Å². The van der Waals surface area contributed by atoms with Crippen molar-refractivity contribution in [1.29, 1.82) is 0 Å². The fourth-order valence-electron chi connectivity index (χ4n) is 10.4. The van der Waals surface area contributed by atoms with Crippen LogP contribution in [0.25, 0.3) is 0 Å². The maximum Gasteiger partial charge on any atom is 0.193 e. The van der Waals surface area contributed by atoms with Crippen LogP contribution in [0.1, 0.15) is 40.9 Å². The van der Waals surface area contributed by atoms with Crippen LogP contribution in [0.3, 0.4) is 0 Å². The zero-order valence-corrected chi connectivity index (χ0v) is 39.4. The van der Waals surface area contributed by atoms with Crippen LogP contribution >= 0.6 is 0 Å². The molecule has 0 saturated carbocycles. The van der Waals surface area contributed by atoms with Crippen LogP contribution in [0, 0.1) is 0 Å². The van der Waals surface area contributed by atoms with Crippen LogP contribution < -0.4 is 29.1 Å². The van der Waals surface area contributed by atoms with Crippen molar-refractivity contribution in [3.8, 4) is 23.0 Å². The number of ketones is 1. The van der Waals surface area contributed by atoms with E-state index in [0.29, 0.717) is 16.9 Å². The summed E-state index contributed by atoms with van der Waals surface area (Å²) < 4.78 is 13.3. The average Bonchev–Trinajstić information content (AvgIpc) is 3.42. The van der Waals surface area contributed by atoms with Crippen LogP contribution in [0.15, 0.2) is 249 Å². The molecule has 7 nitrogen and oxygen atoms in total. The highest BCUT2D eigenvalue weighted by Gasteiger charge is 2.39. The van der Waals surface area contributed by atoms with Gasteiger partial charge in [0.05, 0.1) is 22.7 Å². The van der Waals surface area contributed by atoms with Crippen molar-refractivity contribution < 1.29 is 14.3 Å². The van der Waals surface area contributed by atoms with E-state index in [-0.39, 0.29) is 5.78 Å². The Labute approximate surface area is 414 Å². The second-order valence-corrected chi connectivity index (χ2v) is 18.2. The quantitative estimate of drug-likeness (QED) is 0.127. The summed E-state index contributed by atoms with van der Waals surface area (Å²) in [6.45, 7) is 12.6. The summed E-state index contributed by atoms with van der Waals surface area (Å²) in [7, 11) is 0. The van der Waals surface area contributed by atoms with Gasteiger partial charge in [-0.1, -0.05) is 112 Å². The van der Waals surface area contributed by atoms with Crippen molar-refractivity contribution in [3.63, 3.8) is 0 Å². The third-order valence-electron chi connectivity index (χ3n) is 13.7. The lowest BCUT2D eigenvalue weighted by Gasteiger charge is -2.39. The molecule has 0 fully saturated rings. The smallest absolute Gasteiger partial charge is 0.193 e. The Morgan fingerprint density at radius 2 is 0.901 bits per heavy atom. The molecule has 1 aliphatic carbocycles. The highest BCUT2D eigenvalue weighted by Crippen LogP contribution is 2.56. The van der Waals surface area contributed by atoms with Gasteiger partial charge in [0.1, 0.15) is 0 Å². The van der Waals surface area contributed by atoms with Gasteiger partial charge in [0.2, 0.25) is 0 Å². The summed E-state index contributed by atoms with van der Waals surface area (Å²) in [6.07, 6.45) is 5.56. The number of ether oxygens (including phenoxy) is 2. The Kier molecular flexibility index (Phi) is 10.5. The highest BCUT2D eigenvalue weighted by atomic mass is 16.5. The molecule has 9 aromatic rings. The first-order valence-electron chi connectivity index (χ1n) is 23.8. The molecule has 0 atom stereocenters. The highest BCUT2D eigenvalue weighted by molar-refractivity contribution is 6.14. The SMILES string of the molecule is C=C/C=C(\C=C)N(c1ccccc1)c1ccc2c(c1)N(c1ccc3c(c1)C(C)(C)c1cc(N4c5ccccc5Oc5ccc(N(c6ccccc6)c6ccccc6)cc54)ccc1C3=O)c1ccccc1O2. The van der Waals surface area contributed by atoms with Crippen molar-refractivity contribution in [2.24, 2.45) is 0 Å². The molecular formula is C64H48N4O3.